The molecular formula is C9H20N2OS. The summed E-state index contributed by atoms with van der Waals surface area (Å²) < 4.78 is 5.27. The van der Waals surface area contributed by atoms with Gasteiger partial charge in [-0.3, -0.25) is 4.90 Å². The van der Waals surface area contributed by atoms with Crippen LogP contribution in [0.4, 0.5) is 0 Å². The van der Waals surface area contributed by atoms with Crippen LogP contribution < -0.4 is 5.32 Å². The molecule has 0 aromatic rings. The van der Waals surface area contributed by atoms with Gasteiger partial charge in [-0.1, -0.05) is 0 Å². The zero-order valence-electron chi connectivity index (χ0n) is 8.17. The third-order valence-corrected chi connectivity index (χ3v) is 2.54. The first-order valence-electron chi connectivity index (χ1n) is 5.05. The molecule has 78 valence electrons. The predicted molar refractivity (Wildman–Crippen MR) is 58.6 cm³/mol. The molecule has 0 unspecified atom stereocenters. The molecule has 1 fully saturated rings. The summed E-state index contributed by atoms with van der Waals surface area (Å²) in [4.78, 5) is 2.44. The highest BCUT2D eigenvalue weighted by atomic mass is 32.1. The lowest BCUT2D eigenvalue weighted by Crippen LogP contribution is -2.40. The van der Waals surface area contributed by atoms with Gasteiger partial charge < -0.3 is 10.1 Å². The van der Waals surface area contributed by atoms with Crippen molar-refractivity contribution < 1.29 is 4.74 Å². The maximum absolute atomic E-state index is 5.27. The zero-order valence-corrected chi connectivity index (χ0v) is 9.06. The van der Waals surface area contributed by atoms with E-state index in [2.05, 4.69) is 22.8 Å². The smallest absolute Gasteiger partial charge is 0.0594 e. The predicted octanol–water partition coefficient (Wildman–Crippen LogP) is 0.228. The van der Waals surface area contributed by atoms with E-state index in [0.717, 1.165) is 58.1 Å². The highest BCUT2D eigenvalue weighted by molar-refractivity contribution is 7.80. The van der Waals surface area contributed by atoms with Crippen LogP contribution in [-0.4, -0.2) is 56.6 Å². The second-order valence-corrected chi connectivity index (χ2v) is 3.73. The zero-order chi connectivity index (χ0) is 9.36. The minimum atomic E-state index is 0.899. The monoisotopic (exact) mass is 204 g/mol. The Hall–Kier alpha value is 0.230. The number of thiol groups is 1. The summed E-state index contributed by atoms with van der Waals surface area (Å²) in [5, 5.41) is 3.40. The Morgan fingerprint density at radius 1 is 1.23 bits per heavy atom. The number of nitrogens with one attached hydrogen (secondary N) is 1. The maximum atomic E-state index is 5.27. The maximum Gasteiger partial charge on any atom is 0.0594 e. The average molecular weight is 204 g/mol. The molecule has 4 heteroatoms. The van der Waals surface area contributed by atoms with Crippen LogP contribution in [0.1, 0.15) is 6.42 Å². The largest absolute Gasteiger partial charge is 0.379 e. The van der Waals surface area contributed by atoms with Gasteiger partial charge in [-0.2, -0.15) is 12.6 Å². The normalized spacial score (nSPS) is 19.2. The molecule has 0 bridgehead atoms. The van der Waals surface area contributed by atoms with Crippen molar-refractivity contribution in [1.82, 2.24) is 10.2 Å². The molecule has 1 aliphatic rings. The minimum absolute atomic E-state index is 0.899. The lowest BCUT2D eigenvalue weighted by Gasteiger charge is -2.26. The molecule has 0 amide bonds. The van der Waals surface area contributed by atoms with Gasteiger partial charge in [-0.15, -0.1) is 0 Å². The van der Waals surface area contributed by atoms with Gasteiger partial charge >= 0.3 is 0 Å². The van der Waals surface area contributed by atoms with Crippen molar-refractivity contribution in [3.05, 3.63) is 0 Å². The number of morpholine rings is 1. The van der Waals surface area contributed by atoms with Crippen molar-refractivity contribution in [3.63, 3.8) is 0 Å². The van der Waals surface area contributed by atoms with Crippen LogP contribution in [0, 0.1) is 0 Å². The van der Waals surface area contributed by atoms with Crippen LogP contribution in [0.25, 0.3) is 0 Å². The van der Waals surface area contributed by atoms with E-state index in [0.29, 0.717) is 0 Å². The Labute approximate surface area is 86.2 Å². The van der Waals surface area contributed by atoms with E-state index in [1.807, 2.05) is 0 Å². The SMILES string of the molecule is SCCCNCCN1CCOCC1. The first kappa shape index (κ1) is 11.3. The number of ether oxygens (including phenoxy) is 1. The molecular weight excluding hydrogens is 184 g/mol. The molecule has 0 aliphatic carbocycles. The van der Waals surface area contributed by atoms with E-state index < -0.39 is 0 Å². The summed E-state index contributed by atoms with van der Waals surface area (Å²) >= 11 is 4.16. The van der Waals surface area contributed by atoms with Crippen LogP contribution in [0.15, 0.2) is 0 Å². The van der Waals surface area contributed by atoms with Gasteiger partial charge in [-0.25, -0.2) is 0 Å². The number of hydrogen-bond acceptors (Lipinski definition) is 4. The molecule has 3 nitrogen and oxygen atoms in total. The average Bonchev–Trinajstić information content (AvgIpc) is 2.19. The summed E-state index contributed by atoms with van der Waals surface area (Å²) in [6, 6.07) is 0. The summed E-state index contributed by atoms with van der Waals surface area (Å²) in [6.45, 7) is 7.31. The fourth-order valence-corrected chi connectivity index (χ4v) is 1.55. The number of nitrogens with zero attached hydrogens (tertiary/aromatic N) is 1. The summed E-state index contributed by atoms with van der Waals surface area (Å²) in [5.41, 5.74) is 0. The van der Waals surface area contributed by atoms with Crippen LogP contribution in [0.5, 0.6) is 0 Å². The van der Waals surface area contributed by atoms with Crippen LogP contribution in [-0.2, 0) is 4.74 Å². The van der Waals surface area contributed by atoms with Crippen molar-refractivity contribution in [1.29, 1.82) is 0 Å². The highest BCUT2D eigenvalue weighted by Gasteiger charge is 2.08. The third-order valence-electron chi connectivity index (χ3n) is 2.22. The van der Waals surface area contributed by atoms with Crippen molar-refractivity contribution in [2.45, 2.75) is 6.42 Å². The second-order valence-electron chi connectivity index (χ2n) is 3.28. The summed E-state index contributed by atoms with van der Waals surface area (Å²) in [6.07, 6.45) is 1.16. The number of hydrogen-bond donors (Lipinski definition) is 2. The fourth-order valence-electron chi connectivity index (χ4n) is 1.39. The van der Waals surface area contributed by atoms with E-state index in [1.54, 1.807) is 0 Å². The van der Waals surface area contributed by atoms with Gasteiger partial charge in [-0.05, 0) is 18.7 Å². The van der Waals surface area contributed by atoms with E-state index >= 15 is 0 Å². The van der Waals surface area contributed by atoms with Crippen molar-refractivity contribution in [2.75, 3.05) is 51.7 Å². The van der Waals surface area contributed by atoms with Gasteiger partial charge in [0.15, 0.2) is 0 Å². The molecule has 0 atom stereocenters. The molecule has 1 rings (SSSR count). The topological polar surface area (TPSA) is 24.5 Å². The van der Waals surface area contributed by atoms with Gasteiger partial charge in [0.25, 0.3) is 0 Å². The highest BCUT2D eigenvalue weighted by Crippen LogP contribution is 1.94. The molecule has 0 aromatic carbocycles. The van der Waals surface area contributed by atoms with Crippen molar-refractivity contribution >= 4 is 12.6 Å². The molecule has 1 aliphatic heterocycles. The Kier molecular flexibility index (Phi) is 6.62. The molecule has 1 N–H and O–H groups in total. The Bertz CT molecular complexity index is 118. The Morgan fingerprint density at radius 2 is 2.00 bits per heavy atom. The van der Waals surface area contributed by atoms with E-state index in [-0.39, 0.29) is 0 Å². The standard InChI is InChI=1S/C9H20N2OS/c13-9-1-2-10-3-4-11-5-7-12-8-6-11/h10,13H,1-9H2. The summed E-state index contributed by atoms with van der Waals surface area (Å²) in [5.74, 6) is 0.977. The van der Waals surface area contributed by atoms with Gasteiger partial charge in [0.1, 0.15) is 0 Å². The van der Waals surface area contributed by atoms with E-state index in [4.69, 9.17) is 4.74 Å². The molecule has 0 spiro atoms. The first-order valence-corrected chi connectivity index (χ1v) is 5.68. The van der Waals surface area contributed by atoms with Crippen molar-refractivity contribution in [2.24, 2.45) is 0 Å². The molecule has 0 aromatic heterocycles. The lowest BCUT2D eigenvalue weighted by atomic mass is 10.4. The van der Waals surface area contributed by atoms with Gasteiger partial charge in [0, 0.05) is 26.2 Å². The molecule has 0 saturated carbocycles. The lowest BCUT2D eigenvalue weighted by molar-refractivity contribution is 0.0384. The first-order chi connectivity index (χ1) is 6.43. The minimum Gasteiger partial charge on any atom is -0.379 e. The fraction of sp³-hybridized carbons (Fsp3) is 1.00. The van der Waals surface area contributed by atoms with E-state index in [1.165, 1.54) is 0 Å². The second kappa shape index (κ2) is 7.62. The Morgan fingerprint density at radius 3 is 2.69 bits per heavy atom. The van der Waals surface area contributed by atoms with E-state index in [9.17, 15) is 0 Å². The molecule has 0 radical (unpaired) electrons. The molecule has 13 heavy (non-hydrogen) atoms. The molecule has 1 heterocycles. The van der Waals surface area contributed by atoms with Crippen LogP contribution in [0.2, 0.25) is 0 Å². The van der Waals surface area contributed by atoms with Crippen LogP contribution in [0.3, 0.4) is 0 Å². The Balaban J connectivity index is 1.86. The third kappa shape index (κ3) is 5.52. The van der Waals surface area contributed by atoms with Gasteiger partial charge in [0.05, 0.1) is 13.2 Å². The summed E-state index contributed by atoms with van der Waals surface area (Å²) in [7, 11) is 0. The molecule has 1 saturated heterocycles. The quantitative estimate of drug-likeness (QED) is 0.478. The number of rotatable bonds is 6. The van der Waals surface area contributed by atoms with Crippen molar-refractivity contribution in [3.8, 4) is 0 Å². The van der Waals surface area contributed by atoms with Crippen LogP contribution >= 0.6 is 12.6 Å². The van der Waals surface area contributed by atoms with Gasteiger partial charge in [0.2, 0.25) is 0 Å².